The van der Waals surface area contributed by atoms with Gasteiger partial charge in [0.1, 0.15) is 5.78 Å². The van der Waals surface area contributed by atoms with Gasteiger partial charge in [-0.1, -0.05) is 63.4 Å². The van der Waals surface area contributed by atoms with Gasteiger partial charge in [-0.2, -0.15) is 0 Å². The fourth-order valence-corrected chi connectivity index (χ4v) is 3.22. The van der Waals surface area contributed by atoms with Gasteiger partial charge < -0.3 is 0 Å². The zero-order valence-corrected chi connectivity index (χ0v) is 12.0. The molecule has 1 aromatic carbocycles. The maximum absolute atomic E-state index is 12.9. The van der Waals surface area contributed by atoms with Crippen molar-refractivity contribution in [3.05, 3.63) is 35.4 Å². The van der Waals surface area contributed by atoms with Gasteiger partial charge in [0.2, 0.25) is 0 Å². The Kier molecular flexibility index (Phi) is 3.35. The first kappa shape index (κ1) is 13.3. The Labute approximate surface area is 111 Å². The number of hydrogen-bond donors (Lipinski definition) is 0. The van der Waals surface area contributed by atoms with Crippen molar-refractivity contribution in [3.63, 3.8) is 0 Å². The summed E-state index contributed by atoms with van der Waals surface area (Å²) in [6, 6.07) is 8.57. The third-order valence-electron chi connectivity index (χ3n) is 4.18. The molecule has 0 bridgehead atoms. The van der Waals surface area contributed by atoms with Crippen LogP contribution in [0.3, 0.4) is 0 Å². The molecular weight excluding hydrogens is 220 g/mol. The van der Waals surface area contributed by atoms with Gasteiger partial charge in [0, 0.05) is 5.41 Å². The second-order valence-corrected chi connectivity index (χ2v) is 6.73. The molecule has 0 heterocycles. The van der Waals surface area contributed by atoms with E-state index in [0.29, 0.717) is 5.78 Å². The zero-order valence-electron chi connectivity index (χ0n) is 12.0. The van der Waals surface area contributed by atoms with E-state index in [-0.39, 0.29) is 10.8 Å². The van der Waals surface area contributed by atoms with Crippen molar-refractivity contribution in [1.29, 1.82) is 0 Å². The van der Waals surface area contributed by atoms with Gasteiger partial charge in [0.25, 0.3) is 0 Å². The van der Waals surface area contributed by atoms with Crippen LogP contribution in [0.1, 0.15) is 57.6 Å². The molecule has 1 aromatic rings. The predicted octanol–water partition coefficient (Wildman–Crippen LogP) is 4.42. The molecule has 98 valence electrons. The van der Waals surface area contributed by atoms with Gasteiger partial charge in [0.05, 0.1) is 5.41 Å². The molecule has 0 radical (unpaired) electrons. The molecule has 0 N–H and O–H groups in total. The SMILES string of the molecule is Cc1ccc(C2(C(=O)C(C)(C)C)CCCC2)cc1. The van der Waals surface area contributed by atoms with Crippen molar-refractivity contribution in [2.45, 2.75) is 58.8 Å². The van der Waals surface area contributed by atoms with E-state index in [9.17, 15) is 4.79 Å². The molecule has 0 saturated heterocycles. The van der Waals surface area contributed by atoms with Gasteiger partial charge >= 0.3 is 0 Å². The van der Waals surface area contributed by atoms with E-state index in [1.165, 1.54) is 24.0 Å². The number of benzene rings is 1. The Morgan fingerprint density at radius 2 is 1.56 bits per heavy atom. The molecule has 1 nitrogen and oxygen atoms in total. The molecule has 0 aromatic heterocycles. The van der Waals surface area contributed by atoms with E-state index in [1.807, 2.05) is 20.8 Å². The van der Waals surface area contributed by atoms with Gasteiger partial charge in [-0.15, -0.1) is 0 Å². The smallest absolute Gasteiger partial charge is 0.148 e. The number of aryl methyl sites for hydroxylation is 1. The summed E-state index contributed by atoms with van der Waals surface area (Å²) >= 11 is 0. The number of rotatable bonds is 2. The summed E-state index contributed by atoms with van der Waals surface area (Å²) in [6.45, 7) is 8.23. The van der Waals surface area contributed by atoms with Crippen molar-refractivity contribution in [2.24, 2.45) is 5.41 Å². The second kappa shape index (κ2) is 4.53. The van der Waals surface area contributed by atoms with Crippen LogP contribution in [0.15, 0.2) is 24.3 Å². The molecule has 0 unspecified atom stereocenters. The second-order valence-electron chi connectivity index (χ2n) is 6.73. The van der Waals surface area contributed by atoms with Crippen molar-refractivity contribution >= 4 is 5.78 Å². The van der Waals surface area contributed by atoms with Crippen LogP contribution < -0.4 is 0 Å². The summed E-state index contributed by atoms with van der Waals surface area (Å²) in [4.78, 5) is 12.9. The Bertz CT molecular complexity index is 428. The topological polar surface area (TPSA) is 17.1 Å². The lowest BCUT2D eigenvalue weighted by atomic mass is 9.67. The summed E-state index contributed by atoms with van der Waals surface area (Å²) in [6.07, 6.45) is 4.39. The normalized spacial score (nSPS) is 18.9. The maximum atomic E-state index is 12.9. The molecule has 0 atom stereocenters. The van der Waals surface area contributed by atoms with E-state index in [0.717, 1.165) is 12.8 Å². The Hall–Kier alpha value is -1.11. The monoisotopic (exact) mass is 244 g/mol. The van der Waals surface area contributed by atoms with E-state index in [4.69, 9.17) is 0 Å². The zero-order chi connectivity index (χ0) is 13.4. The number of ketones is 1. The highest BCUT2D eigenvalue weighted by atomic mass is 16.1. The number of carbonyl (C=O) groups is 1. The highest BCUT2D eigenvalue weighted by molar-refractivity contribution is 5.94. The summed E-state index contributed by atoms with van der Waals surface area (Å²) in [7, 11) is 0. The molecule has 1 fully saturated rings. The first-order chi connectivity index (χ1) is 8.36. The molecule has 1 heteroatoms. The Morgan fingerprint density at radius 3 is 2.00 bits per heavy atom. The van der Waals surface area contributed by atoms with Crippen molar-refractivity contribution in [2.75, 3.05) is 0 Å². The minimum atomic E-state index is -0.255. The molecule has 1 saturated carbocycles. The molecule has 18 heavy (non-hydrogen) atoms. The van der Waals surface area contributed by atoms with Crippen LogP contribution in [-0.2, 0) is 10.2 Å². The summed E-state index contributed by atoms with van der Waals surface area (Å²) in [5.74, 6) is 0.413. The van der Waals surface area contributed by atoms with Crippen LogP contribution in [0.2, 0.25) is 0 Å². The molecule has 2 rings (SSSR count). The first-order valence-electron chi connectivity index (χ1n) is 6.98. The lowest BCUT2D eigenvalue weighted by molar-refractivity contribution is -0.132. The third kappa shape index (κ3) is 2.23. The molecule has 0 spiro atoms. The standard InChI is InChI=1S/C17H24O/c1-13-7-9-14(10-8-13)17(11-5-6-12-17)15(18)16(2,3)4/h7-10H,5-6,11-12H2,1-4H3. The molecular formula is C17H24O. The van der Waals surface area contributed by atoms with Crippen LogP contribution in [0.5, 0.6) is 0 Å². The lowest BCUT2D eigenvalue weighted by Gasteiger charge is -2.34. The fraction of sp³-hybridized carbons (Fsp3) is 0.588. The van der Waals surface area contributed by atoms with Crippen molar-refractivity contribution in [3.8, 4) is 0 Å². The summed E-state index contributed by atoms with van der Waals surface area (Å²) in [5.41, 5.74) is 2.02. The minimum Gasteiger partial charge on any atom is -0.298 e. The van der Waals surface area contributed by atoms with Crippen LogP contribution in [0, 0.1) is 12.3 Å². The molecule has 0 amide bonds. The Balaban J connectivity index is 2.45. The first-order valence-corrected chi connectivity index (χ1v) is 6.98. The van der Waals surface area contributed by atoms with Crippen LogP contribution in [0.4, 0.5) is 0 Å². The molecule has 0 aliphatic heterocycles. The maximum Gasteiger partial charge on any atom is 0.148 e. The minimum absolute atomic E-state index is 0.216. The van der Waals surface area contributed by atoms with E-state index in [1.54, 1.807) is 0 Å². The van der Waals surface area contributed by atoms with Crippen LogP contribution in [-0.4, -0.2) is 5.78 Å². The highest BCUT2D eigenvalue weighted by Gasteiger charge is 2.46. The third-order valence-corrected chi connectivity index (χ3v) is 4.18. The number of carbonyl (C=O) groups excluding carboxylic acids is 1. The van der Waals surface area contributed by atoms with E-state index < -0.39 is 0 Å². The van der Waals surface area contributed by atoms with Crippen molar-refractivity contribution in [1.82, 2.24) is 0 Å². The fourth-order valence-electron chi connectivity index (χ4n) is 3.22. The lowest BCUT2D eigenvalue weighted by Crippen LogP contribution is -2.41. The van der Waals surface area contributed by atoms with E-state index >= 15 is 0 Å². The highest BCUT2D eigenvalue weighted by Crippen LogP contribution is 2.45. The molecule has 1 aliphatic rings. The van der Waals surface area contributed by atoms with Crippen molar-refractivity contribution < 1.29 is 4.79 Å². The number of hydrogen-bond acceptors (Lipinski definition) is 1. The van der Waals surface area contributed by atoms with Gasteiger partial charge in [-0.25, -0.2) is 0 Å². The molecule has 1 aliphatic carbocycles. The van der Waals surface area contributed by atoms with Gasteiger partial charge in [-0.3, -0.25) is 4.79 Å². The van der Waals surface area contributed by atoms with Gasteiger partial charge in [-0.05, 0) is 25.3 Å². The quantitative estimate of drug-likeness (QED) is 0.752. The average Bonchev–Trinajstić information content (AvgIpc) is 2.78. The van der Waals surface area contributed by atoms with E-state index in [2.05, 4.69) is 31.2 Å². The largest absolute Gasteiger partial charge is 0.298 e. The summed E-state index contributed by atoms with van der Waals surface area (Å²) in [5, 5.41) is 0. The van der Waals surface area contributed by atoms with Crippen LogP contribution >= 0.6 is 0 Å². The summed E-state index contributed by atoms with van der Waals surface area (Å²) < 4.78 is 0. The predicted molar refractivity (Wildman–Crippen MR) is 75.8 cm³/mol. The van der Waals surface area contributed by atoms with Gasteiger partial charge in [0.15, 0.2) is 0 Å². The number of Topliss-reactive ketones (excluding diaryl/α,β-unsaturated/α-hetero) is 1. The van der Waals surface area contributed by atoms with Crippen LogP contribution in [0.25, 0.3) is 0 Å². The average molecular weight is 244 g/mol. The Morgan fingerprint density at radius 1 is 1.06 bits per heavy atom.